The molecule has 1 rings (SSSR count). The van der Waals surface area contributed by atoms with E-state index in [9.17, 15) is 4.79 Å². The second-order valence-corrected chi connectivity index (χ2v) is 3.00. The Morgan fingerprint density at radius 3 is 2.75 bits per heavy atom. The van der Waals surface area contributed by atoms with Gasteiger partial charge in [0.2, 0.25) is 0 Å². The number of carbonyl (C=O) groups is 1. The number of nitrogen functional groups attached to an aromatic ring is 1. The lowest BCUT2D eigenvalue weighted by molar-refractivity contribution is -0.145. The summed E-state index contributed by atoms with van der Waals surface area (Å²) in [5, 5.41) is 0. The van der Waals surface area contributed by atoms with Gasteiger partial charge in [-0.25, -0.2) is 4.79 Å². The van der Waals surface area contributed by atoms with Gasteiger partial charge >= 0.3 is 5.97 Å². The van der Waals surface area contributed by atoms with Gasteiger partial charge in [-0.1, -0.05) is 0 Å². The lowest BCUT2D eigenvalue weighted by atomic mass is 10.3. The van der Waals surface area contributed by atoms with Gasteiger partial charge in [0.05, 0.1) is 13.7 Å². The number of benzene rings is 1. The minimum atomic E-state index is -0.415. The highest BCUT2D eigenvalue weighted by atomic mass is 16.6. The third-order valence-electron chi connectivity index (χ3n) is 1.84. The summed E-state index contributed by atoms with van der Waals surface area (Å²) in [6, 6.07) is 4.94. The first kappa shape index (κ1) is 12.2. The van der Waals surface area contributed by atoms with Gasteiger partial charge in [0.25, 0.3) is 0 Å². The Bertz CT molecular complexity index is 365. The number of hydrogen-bond acceptors (Lipinski definition) is 5. The average molecular weight is 225 g/mol. The molecule has 0 saturated carbocycles. The minimum absolute atomic E-state index is 0.145. The van der Waals surface area contributed by atoms with Crippen LogP contribution in [0.4, 0.5) is 5.69 Å². The largest absolute Gasteiger partial charge is 0.493 e. The van der Waals surface area contributed by atoms with Crippen molar-refractivity contribution in [2.45, 2.75) is 6.92 Å². The van der Waals surface area contributed by atoms with Crippen molar-refractivity contribution in [3.63, 3.8) is 0 Å². The molecule has 0 spiro atoms. The highest BCUT2D eigenvalue weighted by Gasteiger charge is 2.08. The van der Waals surface area contributed by atoms with E-state index < -0.39 is 5.97 Å². The molecule has 0 aliphatic rings. The highest BCUT2D eigenvalue weighted by Crippen LogP contribution is 2.28. The fourth-order valence-electron chi connectivity index (χ4n) is 1.14. The van der Waals surface area contributed by atoms with Crippen molar-refractivity contribution < 1.29 is 19.0 Å². The molecule has 0 bridgehead atoms. The van der Waals surface area contributed by atoms with Gasteiger partial charge in [0.15, 0.2) is 18.1 Å². The molecule has 0 saturated heterocycles. The Labute approximate surface area is 94.1 Å². The normalized spacial score (nSPS) is 9.62. The van der Waals surface area contributed by atoms with Crippen LogP contribution in [-0.2, 0) is 9.53 Å². The summed E-state index contributed by atoms with van der Waals surface area (Å²) in [4.78, 5) is 11.1. The van der Waals surface area contributed by atoms with Crippen molar-refractivity contribution in [1.29, 1.82) is 0 Å². The molecule has 5 nitrogen and oxygen atoms in total. The second kappa shape index (κ2) is 5.85. The van der Waals surface area contributed by atoms with Gasteiger partial charge in [0.1, 0.15) is 0 Å². The molecule has 0 atom stereocenters. The summed E-state index contributed by atoms with van der Waals surface area (Å²) in [5.41, 5.74) is 6.15. The Kier molecular flexibility index (Phi) is 4.44. The van der Waals surface area contributed by atoms with Crippen LogP contribution < -0.4 is 15.2 Å². The summed E-state index contributed by atoms with van der Waals surface area (Å²) in [6.45, 7) is 1.93. The molecule has 0 fully saturated rings. The molecule has 1 aromatic carbocycles. The van der Waals surface area contributed by atoms with E-state index in [1.54, 1.807) is 25.1 Å². The lowest BCUT2D eigenvalue weighted by Crippen LogP contribution is -2.14. The summed E-state index contributed by atoms with van der Waals surface area (Å²) in [6.07, 6.45) is 0. The molecular formula is C11H15NO4. The first-order valence-corrected chi connectivity index (χ1v) is 4.89. The number of methoxy groups -OCH3 is 1. The molecule has 0 heterocycles. The standard InChI is InChI=1S/C11H15NO4/c1-3-15-11(13)7-16-9-5-4-8(12)6-10(9)14-2/h4-6H,3,7,12H2,1-2H3. The molecule has 0 amide bonds. The van der Waals surface area contributed by atoms with E-state index in [2.05, 4.69) is 0 Å². The zero-order valence-corrected chi connectivity index (χ0v) is 9.36. The van der Waals surface area contributed by atoms with Crippen molar-refractivity contribution >= 4 is 11.7 Å². The maximum Gasteiger partial charge on any atom is 0.344 e. The summed E-state index contributed by atoms with van der Waals surface area (Å²) >= 11 is 0. The summed E-state index contributed by atoms with van der Waals surface area (Å²) in [7, 11) is 1.51. The molecule has 2 N–H and O–H groups in total. The molecule has 5 heteroatoms. The average Bonchev–Trinajstić information content (AvgIpc) is 2.27. The Hall–Kier alpha value is -1.91. The quantitative estimate of drug-likeness (QED) is 0.602. The molecule has 16 heavy (non-hydrogen) atoms. The van der Waals surface area contributed by atoms with E-state index in [0.717, 1.165) is 0 Å². The SMILES string of the molecule is CCOC(=O)COc1ccc(N)cc1OC. The highest BCUT2D eigenvalue weighted by molar-refractivity contribution is 5.71. The van der Waals surface area contributed by atoms with E-state index in [1.807, 2.05) is 0 Å². The predicted molar refractivity (Wildman–Crippen MR) is 59.5 cm³/mol. The predicted octanol–water partition coefficient (Wildman–Crippen LogP) is 1.22. The molecule has 1 aromatic rings. The van der Waals surface area contributed by atoms with Crippen LogP contribution in [0.25, 0.3) is 0 Å². The van der Waals surface area contributed by atoms with Gasteiger partial charge in [-0.2, -0.15) is 0 Å². The van der Waals surface area contributed by atoms with Crippen LogP contribution in [0.1, 0.15) is 6.92 Å². The van der Waals surface area contributed by atoms with Crippen LogP contribution in [0.3, 0.4) is 0 Å². The van der Waals surface area contributed by atoms with Crippen molar-refractivity contribution in [2.24, 2.45) is 0 Å². The molecule has 0 unspecified atom stereocenters. The molecule has 88 valence electrons. The van der Waals surface area contributed by atoms with E-state index in [4.69, 9.17) is 19.9 Å². The number of carbonyl (C=O) groups excluding carboxylic acids is 1. The third-order valence-corrected chi connectivity index (χ3v) is 1.84. The molecular weight excluding hydrogens is 210 g/mol. The Morgan fingerprint density at radius 1 is 1.38 bits per heavy atom. The van der Waals surface area contributed by atoms with E-state index >= 15 is 0 Å². The number of anilines is 1. The van der Waals surface area contributed by atoms with Crippen LogP contribution in [0.5, 0.6) is 11.5 Å². The Balaban J connectivity index is 2.63. The summed E-state index contributed by atoms with van der Waals surface area (Å²) < 4.78 is 15.0. The van der Waals surface area contributed by atoms with Crippen molar-refractivity contribution in [2.75, 3.05) is 26.1 Å². The lowest BCUT2D eigenvalue weighted by Gasteiger charge is -2.10. The molecule has 0 aromatic heterocycles. The second-order valence-electron chi connectivity index (χ2n) is 3.00. The van der Waals surface area contributed by atoms with Crippen LogP contribution in [0.2, 0.25) is 0 Å². The van der Waals surface area contributed by atoms with E-state index in [-0.39, 0.29) is 6.61 Å². The van der Waals surface area contributed by atoms with Crippen molar-refractivity contribution in [3.8, 4) is 11.5 Å². The van der Waals surface area contributed by atoms with Crippen LogP contribution in [-0.4, -0.2) is 26.3 Å². The van der Waals surface area contributed by atoms with Gasteiger partial charge in [0, 0.05) is 11.8 Å². The Morgan fingerprint density at radius 2 is 2.12 bits per heavy atom. The molecule has 0 radical (unpaired) electrons. The zero-order chi connectivity index (χ0) is 12.0. The van der Waals surface area contributed by atoms with Crippen molar-refractivity contribution in [3.05, 3.63) is 18.2 Å². The summed E-state index contributed by atoms with van der Waals surface area (Å²) in [5.74, 6) is 0.537. The monoisotopic (exact) mass is 225 g/mol. The number of rotatable bonds is 5. The fourth-order valence-corrected chi connectivity index (χ4v) is 1.14. The van der Waals surface area contributed by atoms with E-state index in [0.29, 0.717) is 23.8 Å². The fraction of sp³-hybridized carbons (Fsp3) is 0.364. The van der Waals surface area contributed by atoms with Crippen LogP contribution >= 0.6 is 0 Å². The first-order valence-electron chi connectivity index (χ1n) is 4.89. The minimum Gasteiger partial charge on any atom is -0.493 e. The molecule has 0 aliphatic carbocycles. The number of nitrogens with two attached hydrogens (primary N) is 1. The van der Waals surface area contributed by atoms with Crippen LogP contribution in [0, 0.1) is 0 Å². The van der Waals surface area contributed by atoms with Gasteiger partial charge < -0.3 is 19.9 Å². The number of hydrogen-bond donors (Lipinski definition) is 1. The smallest absolute Gasteiger partial charge is 0.344 e. The van der Waals surface area contributed by atoms with Gasteiger partial charge in [-0.3, -0.25) is 0 Å². The third kappa shape index (κ3) is 3.34. The molecule has 0 aliphatic heterocycles. The topological polar surface area (TPSA) is 70.8 Å². The van der Waals surface area contributed by atoms with Crippen molar-refractivity contribution in [1.82, 2.24) is 0 Å². The van der Waals surface area contributed by atoms with Gasteiger partial charge in [-0.05, 0) is 19.1 Å². The zero-order valence-electron chi connectivity index (χ0n) is 9.36. The number of ether oxygens (including phenoxy) is 3. The maximum absolute atomic E-state index is 11.1. The van der Waals surface area contributed by atoms with Crippen LogP contribution in [0.15, 0.2) is 18.2 Å². The maximum atomic E-state index is 11.1. The first-order chi connectivity index (χ1) is 7.67. The van der Waals surface area contributed by atoms with E-state index in [1.165, 1.54) is 7.11 Å². The van der Waals surface area contributed by atoms with Gasteiger partial charge in [-0.15, -0.1) is 0 Å². The number of esters is 1.